The molecule has 9 heteroatoms. The molecule has 5 rings (SSSR count). The average Bonchev–Trinajstić information content (AvgIpc) is 2.94. The molecule has 1 fully saturated rings. The number of hydrogen-bond donors (Lipinski definition) is 2. The lowest BCUT2D eigenvalue weighted by Crippen LogP contribution is -2.29. The molecule has 0 spiro atoms. The standard InChI is InChI=1S/C30H28F3N5O/c31-30(32,33)27-19-26(22-8-3-1-4-9-22)36-29(37-27)35-25-11-7-10-24(18-25)34-28(39)23-14-12-21(13-15-23)20-38-16-5-2-6-17-38/h1,3-4,7-15,18-19H,2,5-6,16-17,20H2,(H,34,39)(H,35,36,37). The number of carbonyl (C=O) groups excluding carboxylic acids is 1. The first kappa shape index (κ1) is 26.4. The van der Waals surface area contributed by atoms with Crippen molar-refractivity contribution in [2.24, 2.45) is 0 Å². The normalized spacial score (nSPS) is 14.1. The predicted octanol–water partition coefficient (Wildman–Crippen LogP) is 7.14. The van der Waals surface area contributed by atoms with Crippen molar-refractivity contribution in [2.45, 2.75) is 32.0 Å². The van der Waals surface area contributed by atoms with Crippen LogP contribution < -0.4 is 10.6 Å². The summed E-state index contributed by atoms with van der Waals surface area (Å²) < 4.78 is 40.6. The number of halogens is 3. The number of rotatable bonds is 7. The molecule has 4 aromatic rings. The second-order valence-electron chi connectivity index (χ2n) is 9.52. The number of anilines is 3. The lowest BCUT2D eigenvalue weighted by atomic mass is 10.1. The van der Waals surface area contributed by atoms with Crippen molar-refractivity contribution < 1.29 is 18.0 Å². The summed E-state index contributed by atoms with van der Waals surface area (Å²) in [6, 6.07) is 23.7. The summed E-state index contributed by atoms with van der Waals surface area (Å²) in [7, 11) is 0. The molecular formula is C30H28F3N5O. The molecule has 39 heavy (non-hydrogen) atoms. The zero-order valence-corrected chi connectivity index (χ0v) is 21.2. The molecule has 3 aromatic carbocycles. The number of likely N-dealkylation sites (tertiary alicyclic amines) is 1. The second-order valence-corrected chi connectivity index (χ2v) is 9.52. The van der Waals surface area contributed by atoms with Crippen molar-refractivity contribution in [3.63, 3.8) is 0 Å². The summed E-state index contributed by atoms with van der Waals surface area (Å²) in [5.74, 6) is -0.477. The first-order valence-electron chi connectivity index (χ1n) is 12.8. The molecule has 0 radical (unpaired) electrons. The van der Waals surface area contributed by atoms with Gasteiger partial charge in [0.2, 0.25) is 5.95 Å². The van der Waals surface area contributed by atoms with Gasteiger partial charge in [-0.2, -0.15) is 13.2 Å². The zero-order valence-electron chi connectivity index (χ0n) is 21.2. The van der Waals surface area contributed by atoms with Gasteiger partial charge in [-0.3, -0.25) is 9.69 Å². The quantitative estimate of drug-likeness (QED) is 0.265. The summed E-state index contributed by atoms with van der Waals surface area (Å²) in [5, 5.41) is 5.70. The Balaban J connectivity index is 1.29. The van der Waals surface area contributed by atoms with Gasteiger partial charge in [0.1, 0.15) is 0 Å². The Morgan fingerprint density at radius 3 is 2.26 bits per heavy atom. The highest BCUT2D eigenvalue weighted by Crippen LogP contribution is 2.32. The highest BCUT2D eigenvalue weighted by atomic mass is 19.4. The Kier molecular flexibility index (Phi) is 7.88. The Labute approximate surface area is 224 Å². The van der Waals surface area contributed by atoms with Crippen molar-refractivity contribution in [3.05, 3.63) is 102 Å². The first-order chi connectivity index (χ1) is 18.8. The molecule has 2 N–H and O–H groups in total. The molecule has 0 saturated carbocycles. The summed E-state index contributed by atoms with van der Waals surface area (Å²) in [6.07, 6.45) is -0.902. The fourth-order valence-corrected chi connectivity index (χ4v) is 4.55. The van der Waals surface area contributed by atoms with Crippen LogP contribution in [0.1, 0.15) is 40.9 Å². The molecule has 200 valence electrons. The van der Waals surface area contributed by atoms with Gasteiger partial charge >= 0.3 is 6.18 Å². The maximum atomic E-state index is 13.5. The molecule has 1 aliphatic heterocycles. The molecular weight excluding hydrogens is 503 g/mol. The number of aromatic nitrogens is 2. The number of hydrogen-bond acceptors (Lipinski definition) is 5. The van der Waals surface area contributed by atoms with Gasteiger partial charge < -0.3 is 10.6 Å². The van der Waals surface area contributed by atoms with Crippen molar-refractivity contribution in [2.75, 3.05) is 23.7 Å². The van der Waals surface area contributed by atoms with Crippen LogP contribution in [0.2, 0.25) is 0 Å². The molecule has 1 aliphatic rings. The van der Waals surface area contributed by atoms with E-state index in [9.17, 15) is 18.0 Å². The summed E-state index contributed by atoms with van der Waals surface area (Å²) in [5.41, 5.74) is 2.23. The van der Waals surface area contributed by atoms with Crippen molar-refractivity contribution in [1.82, 2.24) is 14.9 Å². The summed E-state index contributed by atoms with van der Waals surface area (Å²) in [6.45, 7) is 3.08. The van der Waals surface area contributed by atoms with Crippen LogP contribution in [-0.4, -0.2) is 33.9 Å². The van der Waals surface area contributed by atoms with E-state index in [4.69, 9.17) is 0 Å². The number of amides is 1. The maximum absolute atomic E-state index is 13.5. The minimum Gasteiger partial charge on any atom is -0.324 e. The third-order valence-corrected chi connectivity index (χ3v) is 6.53. The minimum absolute atomic E-state index is 0.147. The van der Waals surface area contributed by atoms with E-state index < -0.39 is 11.9 Å². The third-order valence-electron chi connectivity index (χ3n) is 6.53. The number of piperidine rings is 1. The van der Waals surface area contributed by atoms with Crippen LogP contribution in [0.4, 0.5) is 30.5 Å². The molecule has 0 aliphatic carbocycles. The molecule has 6 nitrogen and oxygen atoms in total. The molecule has 0 bridgehead atoms. The molecule has 2 heterocycles. The van der Waals surface area contributed by atoms with Crippen LogP contribution in [0.3, 0.4) is 0 Å². The van der Waals surface area contributed by atoms with Gasteiger partial charge in [0, 0.05) is 29.0 Å². The monoisotopic (exact) mass is 531 g/mol. The van der Waals surface area contributed by atoms with E-state index in [-0.39, 0.29) is 17.5 Å². The van der Waals surface area contributed by atoms with Crippen LogP contribution in [0, 0.1) is 0 Å². The Morgan fingerprint density at radius 1 is 0.821 bits per heavy atom. The highest BCUT2D eigenvalue weighted by molar-refractivity contribution is 6.04. The van der Waals surface area contributed by atoms with E-state index in [0.29, 0.717) is 22.5 Å². The fourth-order valence-electron chi connectivity index (χ4n) is 4.55. The number of nitrogens with one attached hydrogen (secondary N) is 2. The van der Waals surface area contributed by atoms with E-state index in [1.165, 1.54) is 19.3 Å². The van der Waals surface area contributed by atoms with Crippen LogP contribution in [0.5, 0.6) is 0 Å². The van der Waals surface area contributed by atoms with Gasteiger partial charge in [0.15, 0.2) is 5.69 Å². The smallest absolute Gasteiger partial charge is 0.324 e. The topological polar surface area (TPSA) is 70.1 Å². The predicted molar refractivity (Wildman–Crippen MR) is 146 cm³/mol. The molecule has 1 amide bonds. The first-order valence-corrected chi connectivity index (χ1v) is 12.8. The number of nitrogens with zero attached hydrogens (tertiary/aromatic N) is 3. The lowest BCUT2D eigenvalue weighted by molar-refractivity contribution is -0.141. The van der Waals surface area contributed by atoms with Gasteiger partial charge in [-0.1, -0.05) is 55.0 Å². The molecule has 0 unspecified atom stereocenters. The van der Waals surface area contributed by atoms with Gasteiger partial charge in [-0.15, -0.1) is 0 Å². The average molecular weight is 532 g/mol. The van der Waals surface area contributed by atoms with Crippen LogP contribution >= 0.6 is 0 Å². The fraction of sp³-hybridized carbons (Fsp3) is 0.233. The van der Waals surface area contributed by atoms with Gasteiger partial charge in [0.05, 0.1) is 5.69 Å². The SMILES string of the molecule is O=C(Nc1cccc(Nc2nc(-c3ccccc3)cc(C(F)(F)F)n2)c1)c1ccc(CN2CCCCC2)cc1. The molecule has 0 atom stereocenters. The van der Waals surface area contributed by atoms with Gasteiger partial charge in [-0.25, -0.2) is 9.97 Å². The number of alkyl halides is 3. The van der Waals surface area contributed by atoms with Crippen molar-refractivity contribution >= 4 is 23.2 Å². The van der Waals surface area contributed by atoms with E-state index >= 15 is 0 Å². The van der Waals surface area contributed by atoms with E-state index in [1.54, 1.807) is 66.7 Å². The Morgan fingerprint density at radius 2 is 1.54 bits per heavy atom. The van der Waals surface area contributed by atoms with Gasteiger partial charge in [-0.05, 0) is 67.9 Å². The van der Waals surface area contributed by atoms with E-state index in [1.807, 2.05) is 12.1 Å². The largest absolute Gasteiger partial charge is 0.433 e. The van der Waals surface area contributed by atoms with Crippen LogP contribution in [-0.2, 0) is 12.7 Å². The Bertz CT molecular complexity index is 1420. The zero-order chi connectivity index (χ0) is 27.2. The van der Waals surface area contributed by atoms with Crippen LogP contribution in [0.15, 0.2) is 84.9 Å². The molecule has 1 aromatic heterocycles. The Hall–Kier alpha value is -4.24. The third kappa shape index (κ3) is 7.00. The van der Waals surface area contributed by atoms with Gasteiger partial charge in [0.25, 0.3) is 5.91 Å². The second kappa shape index (κ2) is 11.7. The number of carbonyl (C=O) groups is 1. The van der Waals surface area contributed by atoms with E-state index in [2.05, 4.69) is 25.5 Å². The number of benzene rings is 3. The summed E-state index contributed by atoms with van der Waals surface area (Å²) >= 11 is 0. The lowest BCUT2D eigenvalue weighted by Gasteiger charge is -2.26. The van der Waals surface area contributed by atoms with Crippen molar-refractivity contribution in [1.29, 1.82) is 0 Å². The minimum atomic E-state index is -4.64. The highest BCUT2D eigenvalue weighted by Gasteiger charge is 2.34. The van der Waals surface area contributed by atoms with Crippen molar-refractivity contribution in [3.8, 4) is 11.3 Å². The van der Waals surface area contributed by atoms with Crippen LogP contribution in [0.25, 0.3) is 11.3 Å². The summed E-state index contributed by atoms with van der Waals surface area (Å²) in [4.78, 5) is 23.2. The van der Waals surface area contributed by atoms with E-state index in [0.717, 1.165) is 31.3 Å². The molecule has 1 saturated heterocycles. The maximum Gasteiger partial charge on any atom is 0.433 e.